The third kappa shape index (κ3) is 39.5. The van der Waals surface area contributed by atoms with E-state index >= 15 is 0 Å². The van der Waals surface area contributed by atoms with Gasteiger partial charge in [0, 0.05) is 4.57 Å². The van der Waals surface area contributed by atoms with E-state index in [0.29, 0.717) is 0 Å². The zero-order valence-electron chi connectivity index (χ0n) is 17.6. The van der Waals surface area contributed by atoms with E-state index in [1.165, 1.54) is 109 Å². The standard InChI is InChI=1S/C20H43N.BrH.HO3P/c1-4-5-6-7-8-9-10-11-12-13-14-15-16-17-18-19-20-21(2)3;;1-4(2)3/h4-20H2,1-3H3;1H;(H-,1,2,3)/p+1. The van der Waals surface area contributed by atoms with Crippen LogP contribution in [0.1, 0.15) is 110 Å². The fraction of sp³-hybridized carbons (Fsp3) is 1.00. The highest BCUT2D eigenvalue weighted by atomic mass is 79.9. The van der Waals surface area contributed by atoms with E-state index in [-0.39, 0.29) is 17.0 Å². The Kier molecular flexibility index (Phi) is 33.2. The van der Waals surface area contributed by atoms with Gasteiger partial charge in [-0.2, -0.15) is 0 Å². The van der Waals surface area contributed by atoms with Gasteiger partial charge in [0.25, 0.3) is 0 Å². The highest BCUT2D eigenvalue weighted by Gasteiger charge is 1.96. The van der Waals surface area contributed by atoms with Gasteiger partial charge in [0.15, 0.2) is 0 Å². The molecule has 0 aliphatic rings. The number of hydrogen-bond donors (Lipinski definition) is 3. The van der Waals surface area contributed by atoms with E-state index in [1.807, 2.05) is 0 Å². The molecule has 0 bridgehead atoms. The second-order valence-corrected chi connectivity index (χ2v) is 8.02. The summed E-state index contributed by atoms with van der Waals surface area (Å²) in [4.78, 5) is 15.8. The normalized spacial score (nSPS) is 10.2. The molecule has 0 radical (unpaired) electrons. The van der Waals surface area contributed by atoms with E-state index in [0.717, 1.165) is 0 Å². The van der Waals surface area contributed by atoms with E-state index in [9.17, 15) is 0 Å². The summed E-state index contributed by atoms with van der Waals surface area (Å²) in [5, 5.41) is 0. The lowest BCUT2D eigenvalue weighted by Crippen LogP contribution is -3.05. The van der Waals surface area contributed by atoms with E-state index in [2.05, 4.69) is 21.0 Å². The Labute approximate surface area is 174 Å². The summed E-state index contributed by atoms with van der Waals surface area (Å²) in [6, 6.07) is 0. The number of hydrogen-bond acceptors (Lipinski definition) is 1. The third-order valence-electron chi connectivity index (χ3n) is 4.53. The Hall–Kier alpha value is 0.460. The maximum Gasteiger partial charge on any atom is 0.692 e. The first-order valence-electron chi connectivity index (χ1n) is 10.6. The molecule has 0 fully saturated rings. The first kappa shape index (κ1) is 31.2. The fourth-order valence-electron chi connectivity index (χ4n) is 3.03. The van der Waals surface area contributed by atoms with Crippen LogP contribution in [0.2, 0.25) is 0 Å². The summed E-state index contributed by atoms with van der Waals surface area (Å²) >= 11 is 0. The molecule has 26 heavy (non-hydrogen) atoms. The zero-order chi connectivity index (χ0) is 19.2. The van der Waals surface area contributed by atoms with Crippen molar-refractivity contribution in [1.29, 1.82) is 0 Å². The number of rotatable bonds is 17. The number of quaternary nitrogens is 1. The maximum atomic E-state index is 8.70. The third-order valence-corrected chi connectivity index (χ3v) is 4.53. The molecule has 0 aromatic heterocycles. The highest BCUT2D eigenvalue weighted by Crippen LogP contribution is 2.13. The summed E-state index contributed by atoms with van der Waals surface area (Å²) in [7, 11) is 1.64. The average Bonchev–Trinajstić information content (AvgIpc) is 2.53. The van der Waals surface area contributed by atoms with Crippen molar-refractivity contribution in [2.45, 2.75) is 110 Å². The molecule has 0 saturated carbocycles. The van der Waals surface area contributed by atoms with Crippen molar-refractivity contribution < 1.29 is 36.2 Å². The van der Waals surface area contributed by atoms with Crippen molar-refractivity contribution in [3.63, 3.8) is 0 Å². The molecule has 4 nitrogen and oxygen atoms in total. The van der Waals surface area contributed by atoms with Gasteiger partial charge in [-0.15, -0.1) is 9.79 Å². The van der Waals surface area contributed by atoms with Crippen molar-refractivity contribution in [2.75, 3.05) is 20.6 Å². The van der Waals surface area contributed by atoms with E-state index in [1.54, 1.807) is 4.90 Å². The van der Waals surface area contributed by atoms with Crippen molar-refractivity contribution in [3.05, 3.63) is 0 Å². The van der Waals surface area contributed by atoms with Gasteiger partial charge in [-0.25, -0.2) is 0 Å². The Morgan fingerprint density at radius 3 is 1.08 bits per heavy atom. The zero-order valence-corrected chi connectivity index (χ0v) is 20.1. The van der Waals surface area contributed by atoms with Gasteiger partial charge >= 0.3 is 8.25 Å². The minimum absolute atomic E-state index is 0. The van der Waals surface area contributed by atoms with Crippen LogP contribution < -0.4 is 21.9 Å². The SMILES string of the molecule is CCCCCCCCCCCCCCCCCC[NH+](C)C.O=[P+](O)O.[Br-]. The van der Waals surface area contributed by atoms with Crippen molar-refractivity contribution in [3.8, 4) is 0 Å². The molecule has 0 rings (SSSR count). The summed E-state index contributed by atoms with van der Waals surface area (Å²) in [5.74, 6) is 0. The van der Waals surface area contributed by atoms with Gasteiger partial charge in [0.1, 0.15) is 0 Å². The molecule has 0 aliphatic carbocycles. The monoisotopic (exact) mass is 458 g/mol. The lowest BCUT2D eigenvalue weighted by atomic mass is 10.0. The highest BCUT2D eigenvalue weighted by molar-refractivity contribution is 7.30. The van der Waals surface area contributed by atoms with Crippen LogP contribution in [0.4, 0.5) is 0 Å². The summed E-state index contributed by atoms with van der Waals surface area (Å²) < 4.78 is 8.70. The Balaban J connectivity index is -0.000000951. The van der Waals surface area contributed by atoms with E-state index < -0.39 is 8.25 Å². The molecule has 0 heterocycles. The van der Waals surface area contributed by atoms with Crippen molar-refractivity contribution in [2.24, 2.45) is 0 Å². The Morgan fingerprint density at radius 1 is 0.615 bits per heavy atom. The lowest BCUT2D eigenvalue weighted by molar-refractivity contribution is -0.858. The van der Waals surface area contributed by atoms with Gasteiger partial charge in [0.2, 0.25) is 0 Å². The van der Waals surface area contributed by atoms with Crippen LogP contribution in [0.25, 0.3) is 0 Å². The van der Waals surface area contributed by atoms with Crippen LogP contribution in [0, 0.1) is 0 Å². The molecular formula is C20H46BrNO3P+. The summed E-state index contributed by atoms with van der Waals surface area (Å²) in [5.41, 5.74) is 0. The predicted octanol–water partition coefficient (Wildman–Crippen LogP) is 2.02. The molecule has 3 N–H and O–H groups in total. The Morgan fingerprint density at radius 2 is 0.846 bits per heavy atom. The minimum Gasteiger partial charge on any atom is -1.00 e. The largest absolute Gasteiger partial charge is 1.00 e. The summed E-state index contributed by atoms with van der Waals surface area (Å²) in [6.45, 7) is 3.64. The van der Waals surface area contributed by atoms with Gasteiger partial charge in [-0.3, -0.25) is 0 Å². The molecule has 160 valence electrons. The number of unbranched alkanes of at least 4 members (excludes halogenated alkanes) is 15. The topological polar surface area (TPSA) is 62.0 Å². The molecule has 0 aromatic carbocycles. The molecule has 0 spiro atoms. The smallest absolute Gasteiger partial charge is 0.692 e. The number of halogens is 1. The average molecular weight is 459 g/mol. The minimum atomic E-state index is -2.87. The molecule has 0 amide bonds. The van der Waals surface area contributed by atoms with Gasteiger partial charge in [0.05, 0.1) is 20.6 Å². The van der Waals surface area contributed by atoms with Crippen LogP contribution in [0.15, 0.2) is 0 Å². The van der Waals surface area contributed by atoms with Crippen LogP contribution in [-0.2, 0) is 4.57 Å². The second kappa shape index (κ2) is 27.7. The van der Waals surface area contributed by atoms with Gasteiger partial charge < -0.3 is 21.9 Å². The second-order valence-electron chi connectivity index (χ2n) is 7.51. The van der Waals surface area contributed by atoms with Crippen molar-refractivity contribution >= 4 is 8.25 Å². The van der Waals surface area contributed by atoms with Gasteiger partial charge in [-0.05, 0) is 12.8 Å². The van der Waals surface area contributed by atoms with Crippen LogP contribution in [0.3, 0.4) is 0 Å². The number of nitrogens with one attached hydrogen (secondary N) is 1. The van der Waals surface area contributed by atoms with E-state index in [4.69, 9.17) is 14.4 Å². The quantitative estimate of drug-likeness (QED) is 0.231. The van der Waals surface area contributed by atoms with Crippen LogP contribution in [-0.4, -0.2) is 30.4 Å². The summed E-state index contributed by atoms with van der Waals surface area (Å²) in [6.07, 6.45) is 23.4. The van der Waals surface area contributed by atoms with Crippen LogP contribution in [0.5, 0.6) is 0 Å². The van der Waals surface area contributed by atoms with Gasteiger partial charge in [-0.1, -0.05) is 96.8 Å². The lowest BCUT2D eigenvalue weighted by Gasteiger charge is -2.06. The predicted molar refractivity (Wildman–Crippen MR) is 109 cm³/mol. The molecule has 0 atom stereocenters. The first-order chi connectivity index (χ1) is 12.0. The molecule has 0 aromatic rings. The maximum absolute atomic E-state index is 8.70. The molecule has 0 unspecified atom stereocenters. The molecule has 6 heteroatoms. The molecule has 0 saturated heterocycles. The molecular weight excluding hydrogens is 413 g/mol. The fourth-order valence-corrected chi connectivity index (χ4v) is 3.03. The first-order valence-corrected chi connectivity index (χ1v) is 11.8. The molecule has 0 aliphatic heterocycles. The Bertz CT molecular complexity index is 265. The van der Waals surface area contributed by atoms with Crippen molar-refractivity contribution in [1.82, 2.24) is 0 Å². The van der Waals surface area contributed by atoms with Crippen LogP contribution >= 0.6 is 8.25 Å².